The molecule has 2 rings (SSSR count). The van der Waals surface area contributed by atoms with Crippen LogP contribution in [0.15, 0.2) is 22.8 Å². The van der Waals surface area contributed by atoms with Gasteiger partial charge in [0, 0.05) is 56.9 Å². The Balaban J connectivity index is 1.67. The van der Waals surface area contributed by atoms with Gasteiger partial charge < -0.3 is 10.2 Å². The highest BCUT2D eigenvalue weighted by Gasteiger charge is 2.17. The lowest BCUT2D eigenvalue weighted by Crippen LogP contribution is -2.49. The predicted molar refractivity (Wildman–Crippen MR) is 79.1 cm³/mol. The van der Waals surface area contributed by atoms with Crippen LogP contribution in [0.3, 0.4) is 0 Å². The van der Waals surface area contributed by atoms with Crippen LogP contribution in [-0.2, 0) is 4.79 Å². The van der Waals surface area contributed by atoms with Gasteiger partial charge in [-0.2, -0.15) is 0 Å². The Hall–Kier alpha value is -1.14. The lowest BCUT2D eigenvalue weighted by atomic mass is 10.3. The van der Waals surface area contributed by atoms with E-state index in [1.165, 1.54) is 0 Å². The molecule has 1 aliphatic rings. The van der Waals surface area contributed by atoms with E-state index in [0.717, 1.165) is 49.6 Å². The van der Waals surface area contributed by atoms with Crippen molar-refractivity contribution >= 4 is 27.7 Å². The SMILES string of the molecule is CC(=O)N1CCN(CCNc2ccc(Br)cn2)CC1. The number of aromatic nitrogens is 1. The van der Waals surface area contributed by atoms with E-state index < -0.39 is 0 Å². The maximum Gasteiger partial charge on any atom is 0.219 e. The van der Waals surface area contributed by atoms with Crippen LogP contribution in [0.25, 0.3) is 0 Å². The Morgan fingerprint density at radius 2 is 2.11 bits per heavy atom. The summed E-state index contributed by atoms with van der Waals surface area (Å²) in [5.74, 6) is 1.07. The summed E-state index contributed by atoms with van der Waals surface area (Å²) in [7, 11) is 0. The molecule has 0 aliphatic carbocycles. The minimum absolute atomic E-state index is 0.178. The molecule has 1 aromatic heterocycles. The number of amides is 1. The first-order chi connectivity index (χ1) is 9.15. The van der Waals surface area contributed by atoms with E-state index in [1.807, 2.05) is 17.0 Å². The monoisotopic (exact) mass is 326 g/mol. The molecule has 0 radical (unpaired) electrons. The summed E-state index contributed by atoms with van der Waals surface area (Å²) >= 11 is 3.36. The minimum Gasteiger partial charge on any atom is -0.369 e. The van der Waals surface area contributed by atoms with Crippen molar-refractivity contribution in [2.45, 2.75) is 6.92 Å². The highest BCUT2D eigenvalue weighted by molar-refractivity contribution is 9.10. The molecule has 0 aromatic carbocycles. The second-order valence-electron chi connectivity index (χ2n) is 4.64. The summed E-state index contributed by atoms with van der Waals surface area (Å²) in [5, 5.41) is 3.30. The van der Waals surface area contributed by atoms with Gasteiger partial charge in [0.15, 0.2) is 0 Å². The summed E-state index contributed by atoms with van der Waals surface area (Å²) in [6.07, 6.45) is 1.79. The van der Waals surface area contributed by atoms with Crippen molar-refractivity contribution < 1.29 is 4.79 Å². The number of nitrogens with zero attached hydrogens (tertiary/aromatic N) is 3. The van der Waals surface area contributed by atoms with Gasteiger partial charge in [-0.3, -0.25) is 9.69 Å². The number of pyridine rings is 1. The number of anilines is 1. The second kappa shape index (κ2) is 6.86. The van der Waals surface area contributed by atoms with Crippen molar-refractivity contribution in [1.82, 2.24) is 14.8 Å². The third-order valence-electron chi connectivity index (χ3n) is 3.28. The Kier molecular flexibility index (Phi) is 5.15. The first kappa shape index (κ1) is 14.3. The summed E-state index contributed by atoms with van der Waals surface area (Å²) in [6, 6.07) is 3.93. The topological polar surface area (TPSA) is 48.5 Å². The Morgan fingerprint density at radius 3 is 2.68 bits per heavy atom. The predicted octanol–water partition coefficient (Wildman–Crippen LogP) is 1.42. The van der Waals surface area contributed by atoms with Crippen molar-refractivity contribution in [2.24, 2.45) is 0 Å². The van der Waals surface area contributed by atoms with Crippen LogP contribution in [0, 0.1) is 0 Å². The summed E-state index contributed by atoms with van der Waals surface area (Å²) in [5.41, 5.74) is 0. The molecule has 104 valence electrons. The lowest BCUT2D eigenvalue weighted by Gasteiger charge is -2.34. The van der Waals surface area contributed by atoms with Crippen LogP contribution in [0.2, 0.25) is 0 Å². The van der Waals surface area contributed by atoms with Crippen LogP contribution in [-0.4, -0.2) is 60.0 Å². The normalized spacial score (nSPS) is 16.4. The van der Waals surface area contributed by atoms with Crippen LogP contribution >= 0.6 is 15.9 Å². The Labute approximate surface area is 122 Å². The maximum absolute atomic E-state index is 11.2. The van der Waals surface area contributed by atoms with E-state index in [4.69, 9.17) is 0 Å². The number of rotatable bonds is 4. The van der Waals surface area contributed by atoms with Gasteiger partial charge in [0.05, 0.1) is 0 Å². The molecule has 6 heteroatoms. The molecule has 1 aliphatic heterocycles. The van der Waals surface area contributed by atoms with E-state index >= 15 is 0 Å². The lowest BCUT2D eigenvalue weighted by molar-refractivity contribution is -0.130. The Bertz CT molecular complexity index is 415. The molecule has 1 aromatic rings. The summed E-state index contributed by atoms with van der Waals surface area (Å²) in [6.45, 7) is 7.07. The van der Waals surface area contributed by atoms with E-state index in [0.29, 0.717) is 0 Å². The number of carbonyl (C=O) groups is 1. The first-order valence-corrected chi connectivity index (χ1v) is 7.28. The molecule has 0 spiro atoms. The number of halogens is 1. The molecule has 1 N–H and O–H groups in total. The zero-order valence-corrected chi connectivity index (χ0v) is 12.7. The number of piperazine rings is 1. The average molecular weight is 327 g/mol. The first-order valence-electron chi connectivity index (χ1n) is 6.48. The number of nitrogens with one attached hydrogen (secondary N) is 1. The fourth-order valence-electron chi connectivity index (χ4n) is 2.11. The van der Waals surface area contributed by atoms with Gasteiger partial charge in [-0.1, -0.05) is 0 Å². The standard InChI is InChI=1S/C13H19BrN4O/c1-11(19)18-8-6-17(7-9-18)5-4-15-13-3-2-12(14)10-16-13/h2-3,10H,4-9H2,1H3,(H,15,16). The van der Waals surface area contributed by atoms with Crippen molar-refractivity contribution in [2.75, 3.05) is 44.6 Å². The fourth-order valence-corrected chi connectivity index (χ4v) is 2.34. The highest BCUT2D eigenvalue weighted by Crippen LogP contribution is 2.10. The molecule has 2 heterocycles. The van der Waals surface area contributed by atoms with Crippen molar-refractivity contribution in [3.63, 3.8) is 0 Å². The second-order valence-corrected chi connectivity index (χ2v) is 5.55. The molecular formula is C13H19BrN4O. The number of hydrogen-bond donors (Lipinski definition) is 1. The largest absolute Gasteiger partial charge is 0.369 e. The zero-order chi connectivity index (χ0) is 13.7. The van der Waals surface area contributed by atoms with Gasteiger partial charge in [-0.15, -0.1) is 0 Å². The summed E-state index contributed by atoms with van der Waals surface area (Å²) in [4.78, 5) is 19.8. The summed E-state index contributed by atoms with van der Waals surface area (Å²) < 4.78 is 0.985. The van der Waals surface area contributed by atoms with Crippen LogP contribution in [0.5, 0.6) is 0 Å². The van der Waals surface area contributed by atoms with Crippen molar-refractivity contribution in [3.05, 3.63) is 22.8 Å². The van der Waals surface area contributed by atoms with Crippen LogP contribution in [0.4, 0.5) is 5.82 Å². The molecule has 5 nitrogen and oxygen atoms in total. The molecule has 0 saturated carbocycles. The molecule has 1 fully saturated rings. The van der Waals surface area contributed by atoms with E-state index in [1.54, 1.807) is 13.1 Å². The van der Waals surface area contributed by atoms with Gasteiger partial charge in [-0.25, -0.2) is 4.98 Å². The van der Waals surface area contributed by atoms with Gasteiger partial charge >= 0.3 is 0 Å². The third kappa shape index (κ3) is 4.47. The molecule has 0 bridgehead atoms. The Morgan fingerprint density at radius 1 is 1.37 bits per heavy atom. The molecule has 1 amide bonds. The molecule has 1 saturated heterocycles. The van der Waals surface area contributed by atoms with E-state index in [9.17, 15) is 4.79 Å². The third-order valence-corrected chi connectivity index (χ3v) is 3.75. The van der Waals surface area contributed by atoms with Crippen molar-refractivity contribution in [3.8, 4) is 0 Å². The molecular weight excluding hydrogens is 308 g/mol. The van der Waals surface area contributed by atoms with Gasteiger partial charge in [0.1, 0.15) is 5.82 Å². The van der Waals surface area contributed by atoms with Gasteiger partial charge in [-0.05, 0) is 28.1 Å². The van der Waals surface area contributed by atoms with Crippen molar-refractivity contribution in [1.29, 1.82) is 0 Å². The van der Waals surface area contributed by atoms with Crippen LogP contribution in [0.1, 0.15) is 6.92 Å². The average Bonchev–Trinajstić information content (AvgIpc) is 2.41. The quantitative estimate of drug-likeness (QED) is 0.909. The van der Waals surface area contributed by atoms with Gasteiger partial charge in [0.2, 0.25) is 5.91 Å². The zero-order valence-electron chi connectivity index (χ0n) is 11.1. The number of hydrogen-bond acceptors (Lipinski definition) is 4. The fraction of sp³-hybridized carbons (Fsp3) is 0.538. The van der Waals surface area contributed by atoms with E-state index in [-0.39, 0.29) is 5.91 Å². The number of carbonyl (C=O) groups excluding carboxylic acids is 1. The van der Waals surface area contributed by atoms with Gasteiger partial charge in [0.25, 0.3) is 0 Å². The molecule has 19 heavy (non-hydrogen) atoms. The maximum atomic E-state index is 11.2. The van der Waals surface area contributed by atoms with Crippen LogP contribution < -0.4 is 5.32 Å². The molecule has 0 atom stereocenters. The smallest absolute Gasteiger partial charge is 0.219 e. The minimum atomic E-state index is 0.178. The highest BCUT2D eigenvalue weighted by atomic mass is 79.9. The van der Waals surface area contributed by atoms with E-state index in [2.05, 4.69) is 31.1 Å². The molecule has 0 unspecified atom stereocenters.